The predicted molar refractivity (Wildman–Crippen MR) is 149 cm³/mol. The minimum atomic E-state index is 0.0241. The van der Waals surface area contributed by atoms with Crippen molar-refractivity contribution in [1.29, 1.82) is 5.26 Å². The standard InChI is InChI=1S/C31H30N6O2/c1-36-19-34-35-30(36)29-11-20(16-32)4-8-27(29)25-13-24(22-6-7-22)14-26(15-25)37-18-23-5-3-21(12-28(23)31(37)38)17-33-9-10-39-2/h3-5,8,11-15,19,22,33H,6-7,9-10,17-18H2,1-2H3. The molecule has 0 unspecified atom stereocenters. The Labute approximate surface area is 227 Å². The quantitative estimate of drug-likeness (QED) is 0.320. The van der Waals surface area contributed by atoms with Crippen molar-refractivity contribution in [2.75, 3.05) is 25.2 Å². The predicted octanol–water partition coefficient (Wildman–Crippen LogP) is 4.79. The van der Waals surface area contributed by atoms with E-state index in [0.29, 0.717) is 37.0 Å². The van der Waals surface area contributed by atoms with E-state index >= 15 is 0 Å². The molecule has 0 atom stereocenters. The molecule has 3 aromatic carbocycles. The Bertz CT molecular complexity index is 1600. The summed E-state index contributed by atoms with van der Waals surface area (Å²) in [6.45, 7) is 2.64. The second kappa shape index (κ2) is 10.4. The number of fused-ring (bicyclic) bond motifs is 1. The average molecular weight is 519 g/mol. The first kappa shape index (κ1) is 25.0. The Morgan fingerprint density at radius 1 is 1.08 bits per heavy atom. The highest BCUT2D eigenvalue weighted by atomic mass is 16.5. The van der Waals surface area contributed by atoms with Gasteiger partial charge in [0, 0.05) is 44.1 Å². The summed E-state index contributed by atoms with van der Waals surface area (Å²) in [7, 11) is 3.58. The van der Waals surface area contributed by atoms with Gasteiger partial charge >= 0.3 is 0 Å². The van der Waals surface area contributed by atoms with Crippen LogP contribution in [0.1, 0.15) is 51.4 Å². The summed E-state index contributed by atoms with van der Waals surface area (Å²) in [6, 6.07) is 20.6. The SMILES string of the molecule is COCCNCc1ccc2c(c1)C(=O)N(c1cc(-c3ccc(C#N)cc3-c3nncn3C)cc(C3CC3)c1)C2. The molecule has 1 amide bonds. The lowest BCUT2D eigenvalue weighted by Crippen LogP contribution is -2.23. The van der Waals surface area contributed by atoms with Gasteiger partial charge in [0.25, 0.3) is 5.91 Å². The zero-order chi connectivity index (χ0) is 26.9. The van der Waals surface area contributed by atoms with Crippen molar-refractivity contribution in [2.24, 2.45) is 7.05 Å². The molecule has 2 aliphatic rings. The highest BCUT2D eigenvalue weighted by Gasteiger charge is 2.31. The van der Waals surface area contributed by atoms with Gasteiger partial charge in [-0.05, 0) is 76.9 Å². The highest BCUT2D eigenvalue weighted by molar-refractivity contribution is 6.10. The molecule has 4 aromatic rings. The lowest BCUT2D eigenvalue weighted by atomic mass is 9.94. The number of aryl methyl sites for hydroxylation is 1. The number of anilines is 1. The molecule has 0 saturated heterocycles. The molecule has 39 heavy (non-hydrogen) atoms. The summed E-state index contributed by atoms with van der Waals surface area (Å²) in [5.41, 5.74) is 8.38. The topological polar surface area (TPSA) is 96.1 Å². The zero-order valence-corrected chi connectivity index (χ0v) is 22.1. The van der Waals surface area contributed by atoms with E-state index in [1.165, 1.54) is 5.56 Å². The van der Waals surface area contributed by atoms with Crippen molar-refractivity contribution in [3.05, 3.63) is 88.7 Å². The number of nitrogens with zero attached hydrogens (tertiary/aromatic N) is 5. The zero-order valence-electron chi connectivity index (χ0n) is 22.1. The van der Waals surface area contributed by atoms with Crippen LogP contribution in [-0.2, 0) is 24.9 Å². The number of ether oxygens (including phenoxy) is 1. The second-order valence-electron chi connectivity index (χ2n) is 10.3. The lowest BCUT2D eigenvalue weighted by Gasteiger charge is -2.20. The fourth-order valence-corrected chi connectivity index (χ4v) is 5.25. The highest BCUT2D eigenvalue weighted by Crippen LogP contribution is 2.45. The van der Waals surface area contributed by atoms with Gasteiger partial charge in [-0.3, -0.25) is 4.79 Å². The molecular formula is C31H30N6O2. The van der Waals surface area contributed by atoms with Crippen molar-refractivity contribution in [2.45, 2.75) is 31.8 Å². The molecule has 1 aliphatic heterocycles. The number of hydrogen-bond donors (Lipinski definition) is 1. The number of carbonyl (C=O) groups is 1. The molecule has 8 nitrogen and oxygen atoms in total. The number of amides is 1. The summed E-state index contributed by atoms with van der Waals surface area (Å²) >= 11 is 0. The molecule has 0 bridgehead atoms. The summed E-state index contributed by atoms with van der Waals surface area (Å²) in [4.78, 5) is 15.6. The summed E-state index contributed by atoms with van der Waals surface area (Å²) in [5.74, 6) is 1.22. The molecule has 6 rings (SSSR count). The minimum Gasteiger partial charge on any atom is -0.383 e. The monoisotopic (exact) mass is 518 g/mol. The Balaban J connectivity index is 1.37. The Morgan fingerprint density at radius 3 is 2.69 bits per heavy atom. The number of methoxy groups -OCH3 is 1. The molecule has 1 aliphatic carbocycles. The van der Waals surface area contributed by atoms with E-state index in [1.54, 1.807) is 13.4 Å². The van der Waals surface area contributed by atoms with Gasteiger partial charge in [-0.25, -0.2) is 0 Å². The maximum Gasteiger partial charge on any atom is 0.258 e. The van der Waals surface area contributed by atoms with Crippen LogP contribution in [0.5, 0.6) is 0 Å². The summed E-state index contributed by atoms with van der Waals surface area (Å²) in [6.07, 6.45) is 3.96. The Morgan fingerprint density at radius 2 is 1.95 bits per heavy atom. The van der Waals surface area contributed by atoms with Gasteiger partial charge in [-0.1, -0.05) is 24.3 Å². The number of rotatable bonds is 9. The molecule has 0 spiro atoms. The van der Waals surface area contributed by atoms with Crippen LogP contribution in [-0.4, -0.2) is 40.9 Å². The van der Waals surface area contributed by atoms with Crippen LogP contribution in [0.25, 0.3) is 22.5 Å². The Kier molecular flexibility index (Phi) is 6.69. The number of nitriles is 1. The third-order valence-electron chi connectivity index (χ3n) is 7.50. The first-order chi connectivity index (χ1) is 19.1. The van der Waals surface area contributed by atoms with Crippen molar-refractivity contribution < 1.29 is 9.53 Å². The van der Waals surface area contributed by atoms with Gasteiger partial charge in [0.2, 0.25) is 0 Å². The number of nitrogens with one attached hydrogen (secondary N) is 1. The van der Waals surface area contributed by atoms with Crippen molar-refractivity contribution >= 4 is 11.6 Å². The van der Waals surface area contributed by atoms with E-state index in [1.807, 2.05) is 40.8 Å². The number of benzene rings is 3. The van der Waals surface area contributed by atoms with Crippen molar-refractivity contribution in [3.63, 3.8) is 0 Å². The van der Waals surface area contributed by atoms with Gasteiger partial charge in [0.1, 0.15) is 6.33 Å². The molecule has 1 N–H and O–H groups in total. The second-order valence-corrected chi connectivity index (χ2v) is 10.3. The minimum absolute atomic E-state index is 0.0241. The third-order valence-corrected chi connectivity index (χ3v) is 7.50. The van der Waals surface area contributed by atoms with E-state index < -0.39 is 0 Å². The lowest BCUT2D eigenvalue weighted by molar-refractivity contribution is 0.0996. The smallest absolute Gasteiger partial charge is 0.258 e. The Hall–Kier alpha value is -4.32. The van der Waals surface area contributed by atoms with Crippen LogP contribution < -0.4 is 10.2 Å². The average Bonchev–Trinajstić information content (AvgIpc) is 3.65. The van der Waals surface area contributed by atoms with Crippen molar-refractivity contribution in [1.82, 2.24) is 20.1 Å². The largest absolute Gasteiger partial charge is 0.383 e. The van der Waals surface area contributed by atoms with Crippen LogP contribution in [0.2, 0.25) is 0 Å². The molecule has 196 valence electrons. The molecule has 8 heteroatoms. The van der Waals surface area contributed by atoms with Gasteiger partial charge in [-0.2, -0.15) is 5.26 Å². The molecule has 2 heterocycles. The van der Waals surface area contributed by atoms with Gasteiger partial charge < -0.3 is 19.5 Å². The van der Waals surface area contributed by atoms with Crippen LogP contribution in [0.15, 0.2) is 60.9 Å². The maximum atomic E-state index is 13.7. The summed E-state index contributed by atoms with van der Waals surface area (Å²) in [5, 5.41) is 21.3. The van der Waals surface area contributed by atoms with E-state index in [9.17, 15) is 10.1 Å². The molecule has 1 aromatic heterocycles. The van der Waals surface area contributed by atoms with E-state index in [-0.39, 0.29) is 5.91 Å². The normalized spacial score (nSPS) is 14.5. The van der Waals surface area contributed by atoms with Crippen LogP contribution in [0.3, 0.4) is 0 Å². The van der Waals surface area contributed by atoms with Gasteiger partial charge in [-0.15, -0.1) is 10.2 Å². The number of hydrogen-bond acceptors (Lipinski definition) is 6. The van der Waals surface area contributed by atoms with Gasteiger partial charge in [0.05, 0.1) is 24.8 Å². The molecule has 1 fully saturated rings. The third kappa shape index (κ3) is 4.94. The molecule has 0 radical (unpaired) electrons. The first-order valence-corrected chi connectivity index (χ1v) is 13.2. The van der Waals surface area contributed by atoms with Gasteiger partial charge in [0.15, 0.2) is 5.82 Å². The maximum absolute atomic E-state index is 13.7. The van der Waals surface area contributed by atoms with Crippen LogP contribution in [0, 0.1) is 11.3 Å². The fourth-order valence-electron chi connectivity index (χ4n) is 5.25. The van der Waals surface area contributed by atoms with E-state index in [2.05, 4.69) is 51.9 Å². The van der Waals surface area contributed by atoms with E-state index in [4.69, 9.17) is 4.74 Å². The molecular weight excluding hydrogens is 488 g/mol. The van der Waals surface area contributed by atoms with E-state index in [0.717, 1.165) is 58.5 Å². The fraction of sp³-hybridized carbons (Fsp3) is 0.290. The molecule has 1 saturated carbocycles. The number of aromatic nitrogens is 3. The first-order valence-electron chi connectivity index (χ1n) is 13.2. The van der Waals surface area contributed by atoms with Crippen LogP contribution in [0.4, 0.5) is 5.69 Å². The number of carbonyl (C=O) groups excluding carboxylic acids is 1. The summed E-state index contributed by atoms with van der Waals surface area (Å²) < 4.78 is 6.96. The van der Waals surface area contributed by atoms with Crippen LogP contribution >= 0.6 is 0 Å². The van der Waals surface area contributed by atoms with Crippen molar-refractivity contribution in [3.8, 4) is 28.6 Å².